The normalized spacial score (nSPS) is 23.9. The van der Waals surface area contributed by atoms with E-state index in [-0.39, 0.29) is 30.3 Å². The molecule has 2 atom stereocenters. The molecule has 0 spiro atoms. The van der Waals surface area contributed by atoms with E-state index in [4.69, 9.17) is 9.47 Å². The number of rotatable bonds is 10. The molecule has 2 aliphatic rings. The van der Waals surface area contributed by atoms with Crippen LogP contribution < -0.4 is 10.1 Å². The highest BCUT2D eigenvalue weighted by Crippen LogP contribution is 2.43. The van der Waals surface area contributed by atoms with Gasteiger partial charge in [0.05, 0.1) is 12.0 Å². The van der Waals surface area contributed by atoms with Crippen LogP contribution >= 0.6 is 0 Å². The van der Waals surface area contributed by atoms with Gasteiger partial charge in [0.1, 0.15) is 12.4 Å². The van der Waals surface area contributed by atoms with Crippen molar-refractivity contribution >= 4 is 12.1 Å². The Balaban J connectivity index is 1.64. The van der Waals surface area contributed by atoms with Crippen LogP contribution in [0.1, 0.15) is 69.8 Å². The van der Waals surface area contributed by atoms with Gasteiger partial charge in [0.25, 0.3) is 0 Å². The summed E-state index contributed by atoms with van der Waals surface area (Å²) < 4.78 is 10.8. The summed E-state index contributed by atoms with van der Waals surface area (Å²) in [5.41, 5.74) is -0.451. The lowest BCUT2D eigenvalue weighted by molar-refractivity contribution is -0.145. The van der Waals surface area contributed by atoms with Crippen LogP contribution in [0.2, 0.25) is 0 Å². The standard InChI is InChI=1S/C28H42N2O5/c1-4-17-34-25(31)19-27(14-7-5-8-15-27)21-29-26(32)35-24-13-10-12-22(18-24)28(33)16-9-6-11-23(28)20-30(2)3/h4,10,12-13,18,23,33H,1,5-9,11,14-17,19-21H2,2-3H3,(H,29,32). The molecule has 1 aromatic carbocycles. The number of hydrogen-bond acceptors (Lipinski definition) is 6. The van der Waals surface area contributed by atoms with Crippen LogP contribution in [0.5, 0.6) is 5.75 Å². The molecule has 3 rings (SSSR count). The number of aliphatic hydroxyl groups is 1. The maximum Gasteiger partial charge on any atom is 0.412 e. The van der Waals surface area contributed by atoms with Crippen LogP contribution in [0.3, 0.4) is 0 Å². The second-order valence-electron chi connectivity index (χ2n) is 10.6. The molecule has 35 heavy (non-hydrogen) atoms. The highest BCUT2D eigenvalue weighted by Gasteiger charge is 2.41. The first-order chi connectivity index (χ1) is 16.8. The molecule has 0 aliphatic heterocycles. The first-order valence-corrected chi connectivity index (χ1v) is 13.0. The lowest BCUT2D eigenvalue weighted by Gasteiger charge is -2.41. The van der Waals surface area contributed by atoms with Crippen molar-refractivity contribution in [2.45, 2.75) is 69.8 Å². The molecule has 0 aromatic heterocycles. The van der Waals surface area contributed by atoms with Crippen molar-refractivity contribution in [3.8, 4) is 5.75 Å². The molecule has 2 N–H and O–H groups in total. The Bertz CT molecular complexity index is 865. The molecule has 0 heterocycles. The molecule has 2 fully saturated rings. The number of carbonyl (C=O) groups excluding carboxylic acids is 2. The SMILES string of the molecule is C=CCOC(=O)CC1(CNC(=O)Oc2cccc(C3(O)CCCCC3CN(C)C)c2)CCCCC1. The van der Waals surface area contributed by atoms with Crippen LogP contribution in [0.25, 0.3) is 0 Å². The summed E-state index contributed by atoms with van der Waals surface area (Å²) in [5, 5.41) is 14.5. The molecule has 1 amide bonds. The van der Waals surface area contributed by atoms with E-state index in [0.717, 1.165) is 63.5 Å². The summed E-state index contributed by atoms with van der Waals surface area (Å²) in [4.78, 5) is 27.1. The van der Waals surface area contributed by atoms with E-state index in [0.29, 0.717) is 18.7 Å². The molecular weight excluding hydrogens is 444 g/mol. The highest BCUT2D eigenvalue weighted by atomic mass is 16.6. The number of nitrogens with zero attached hydrogens (tertiary/aromatic N) is 1. The van der Waals surface area contributed by atoms with E-state index in [1.807, 2.05) is 26.2 Å². The first kappa shape index (κ1) is 27.2. The number of amides is 1. The topological polar surface area (TPSA) is 88.1 Å². The summed E-state index contributed by atoms with van der Waals surface area (Å²) in [6.07, 6.45) is 9.97. The van der Waals surface area contributed by atoms with E-state index >= 15 is 0 Å². The number of nitrogens with one attached hydrogen (secondary N) is 1. The summed E-state index contributed by atoms with van der Waals surface area (Å²) in [7, 11) is 4.05. The number of carbonyl (C=O) groups is 2. The zero-order valence-electron chi connectivity index (χ0n) is 21.4. The van der Waals surface area contributed by atoms with Gasteiger partial charge in [-0.05, 0) is 62.9 Å². The van der Waals surface area contributed by atoms with Gasteiger partial charge in [-0.2, -0.15) is 0 Å². The summed E-state index contributed by atoms with van der Waals surface area (Å²) in [6.45, 7) is 4.95. The van der Waals surface area contributed by atoms with Crippen LogP contribution in [0.4, 0.5) is 4.79 Å². The molecule has 7 heteroatoms. The molecule has 0 bridgehead atoms. The van der Waals surface area contributed by atoms with E-state index < -0.39 is 11.7 Å². The maximum atomic E-state index is 12.7. The Morgan fingerprint density at radius 2 is 1.91 bits per heavy atom. The minimum absolute atomic E-state index is 0.127. The molecule has 0 radical (unpaired) electrons. The van der Waals surface area contributed by atoms with Gasteiger partial charge < -0.3 is 24.8 Å². The Hall–Kier alpha value is -2.38. The van der Waals surface area contributed by atoms with Crippen molar-refractivity contribution in [1.29, 1.82) is 0 Å². The fraction of sp³-hybridized carbons (Fsp3) is 0.643. The lowest BCUT2D eigenvalue weighted by atomic mass is 9.71. The smallest absolute Gasteiger partial charge is 0.412 e. The Morgan fingerprint density at radius 1 is 1.17 bits per heavy atom. The van der Waals surface area contributed by atoms with E-state index in [2.05, 4.69) is 16.8 Å². The molecule has 2 aliphatic carbocycles. The third-order valence-electron chi connectivity index (χ3n) is 7.57. The third kappa shape index (κ3) is 7.55. The molecule has 7 nitrogen and oxygen atoms in total. The number of esters is 1. The summed E-state index contributed by atoms with van der Waals surface area (Å²) in [5.74, 6) is 0.274. The quantitative estimate of drug-likeness (QED) is 0.365. The van der Waals surface area contributed by atoms with Gasteiger partial charge in [0.2, 0.25) is 0 Å². The average molecular weight is 487 g/mol. The van der Waals surface area contributed by atoms with Crippen LogP contribution in [-0.4, -0.2) is 55.9 Å². The van der Waals surface area contributed by atoms with Gasteiger partial charge >= 0.3 is 12.1 Å². The average Bonchev–Trinajstić information content (AvgIpc) is 2.83. The zero-order valence-corrected chi connectivity index (χ0v) is 21.4. The summed E-state index contributed by atoms with van der Waals surface area (Å²) >= 11 is 0. The lowest BCUT2D eigenvalue weighted by Crippen LogP contribution is -2.43. The third-order valence-corrected chi connectivity index (χ3v) is 7.57. The molecule has 0 saturated heterocycles. The minimum Gasteiger partial charge on any atom is -0.461 e. The predicted octanol–water partition coefficient (Wildman–Crippen LogP) is 4.78. The summed E-state index contributed by atoms with van der Waals surface area (Å²) in [6, 6.07) is 7.27. The molecule has 1 aromatic rings. The van der Waals surface area contributed by atoms with Crippen molar-refractivity contribution in [3.05, 3.63) is 42.5 Å². The van der Waals surface area contributed by atoms with Crippen LogP contribution in [-0.2, 0) is 15.1 Å². The Morgan fingerprint density at radius 3 is 2.63 bits per heavy atom. The fourth-order valence-corrected chi connectivity index (χ4v) is 5.75. The Kier molecular flexibility index (Phi) is 9.75. The zero-order chi connectivity index (χ0) is 25.3. The van der Waals surface area contributed by atoms with Crippen molar-refractivity contribution in [3.63, 3.8) is 0 Å². The van der Waals surface area contributed by atoms with E-state index in [9.17, 15) is 14.7 Å². The second-order valence-corrected chi connectivity index (χ2v) is 10.6. The molecule has 194 valence electrons. The van der Waals surface area contributed by atoms with E-state index in [1.54, 1.807) is 18.2 Å². The number of ether oxygens (including phenoxy) is 2. The van der Waals surface area contributed by atoms with Gasteiger partial charge in [-0.1, -0.05) is 56.9 Å². The van der Waals surface area contributed by atoms with Gasteiger partial charge in [-0.15, -0.1) is 0 Å². The van der Waals surface area contributed by atoms with Crippen molar-refractivity contribution < 1.29 is 24.2 Å². The molecule has 2 unspecified atom stereocenters. The highest BCUT2D eigenvalue weighted by molar-refractivity contribution is 5.72. The molecular formula is C28H42N2O5. The van der Waals surface area contributed by atoms with Gasteiger partial charge in [-0.3, -0.25) is 4.79 Å². The number of benzene rings is 1. The van der Waals surface area contributed by atoms with Crippen LogP contribution in [0.15, 0.2) is 36.9 Å². The predicted molar refractivity (Wildman–Crippen MR) is 136 cm³/mol. The van der Waals surface area contributed by atoms with Gasteiger partial charge in [-0.25, -0.2) is 4.79 Å². The van der Waals surface area contributed by atoms with Gasteiger partial charge in [0, 0.05) is 19.0 Å². The largest absolute Gasteiger partial charge is 0.461 e. The second kappa shape index (κ2) is 12.5. The first-order valence-electron chi connectivity index (χ1n) is 13.0. The monoisotopic (exact) mass is 486 g/mol. The van der Waals surface area contributed by atoms with Crippen molar-refractivity contribution in [1.82, 2.24) is 10.2 Å². The Labute approximate surface area is 209 Å². The van der Waals surface area contributed by atoms with Crippen LogP contribution in [0, 0.1) is 11.3 Å². The van der Waals surface area contributed by atoms with Gasteiger partial charge in [0.15, 0.2) is 0 Å². The fourth-order valence-electron chi connectivity index (χ4n) is 5.75. The minimum atomic E-state index is -0.934. The van der Waals surface area contributed by atoms with Crippen molar-refractivity contribution in [2.75, 3.05) is 33.8 Å². The van der Waals surface area contributed by atoms with E-state index in [1.165, 1.54) is 0 Å². The molecule has 2 saturated carbocycles. The maximum absolute atomic E-state index is 12.7. The van der Waals surface area contributed by atoms with Crippen molar-refractivity contribution in [2.24, 2.45) is 11.3 Å². The number of hydrogen-bond donors (Lipinski definition) is 2.